The summed E-state index contributed by atoms with van der Waals surface area (Å²) >= 11 is 0. The fourth-order valence-corrected chi connectivity index (χ4v) is 5.80. The summed E-state index contributed by atoms with van der Waals surface area (Å²) in [5.74, 6) is -1.93. The number of fused-ring (bicyclic) bond motifs is 1. The normalized spacial score (nSPS) is 20.7. The van der Waals surface area contributed by atoms with Gasteiger partial charge in [-0.05, 0) is 54.2 Å². The van der Waals surface area contributed by atoms with Crippen LogP contribution in [0.1, 0.15) is 58.0 Å². The fourth-order valence-electron chi connectivity index (χ4n) is 5.80. The van der Waals surface area contributed by atoms with E-state index in [9.17, 15) is 19.2 Å². The number of likely N-dealkylation sites (tertiary alicyclic amines) is 1. The van der Waals surface area contributed by atoms with E-state index < -0.39 is 35.9 Å². The summed E-state index contributed by atoms with van der Waals surface area (Å²) in [6, 6.07) is 21.9. The topological polar surface area (TPSA) is 148 Å². The van der Waals surface area contributed by atoms with Crippen molar-refractivity contribution < 1.29 is 19.2 Å². The van der Waals surface area contributed by atoms with Crippen molar-refractivity contribution in [1.82, 2.24) is 15.5 Å². The SMILES string of the molecule is C[C@H](N)C(=O)N[C@@H](Cc1cccc(C(N)=O)c1)C(=O)N1CC(C(=O)N[C@@H]2CCc3ccccc32)C1c1ccccc1. The number of aryl methyl sites for hydroxylation is 1. The lowest BCUT2D eigenvalue weighted by Crippen LogP contribution is -2.62. The summed E-state index contributed by atoms with van der Waals surface area (Å²) in [5.41, 5.74) is 15.4. The number of hydrogen-bond donors (Lipinski definition) is 4. The molecule has 5 atom stereocenters. The molecule has 0 saturated carbocycles. The van der Waals surface area contributed by atoms with E-state index in [0.717, 1.165) is 24.0 Å². The van der Waals surface area contributed by atoms with E-state index in [1.807, 2.05) is 42.5 Å². The number of carbonyl (C=O) groups excluding carboxylic acids is 4. The van der Waals surface area contributed by atoms with Crippen molar-refractivity contribution in [2.45, 2.75) is 50.4 Å². The summed E-state index contributed by atoms with van der Waals surface area (Å²) in [6.45, 7) is 1.76. The monoisotopic (exact) mass is 553 g/mol. The molecule has 2 unspecified atom stereocenters. The summed E-state index contributed by atoms with van der Waals surface area (Å²) in [7, 11) is 0. The van der Waals surface area contributed by atoms with Crippen molar-refractivity contribution in [2.75, 3.05) is 6.54 Å². The highest BCUT2D eigenvalue weighted by Crippen LogP contribution is 2.41. The molecule has 6 N–H and O–H groups in total. The van der Waals surface area contributed by atoms with E-state index in [2.05, 4.69) is 22.8 Å². The second kappa shape index (κ2) is 11.9. The first-order valence-electron chi connectivity index (χ1n) is 13.9. The molecule has 1 saturated heterocycles. The number of primary amides is 1. The van der Waals surface area contributed by atoms with Gasteiger partial charge < -0.3 is 27.0 Å². The Morgan fingerprint density at radius 2 is 1.71 bits per heavy atom. The van der Waals surface area contributed by atoms with Crippen molar-refractivity contribution >= 4 is 23.6 Å². The lowest BCUT2D eigenvalue weighted by molar-refractivity contribution is -0.154. The van der Waals surface area contributed by atoms with Crippen LogP contribution in [-0.2, 0) is 27.2 Å². The molecule has 0 spiro atoms. The van der Waals surface area contributed by atoms with Crippen molar-refractivity contribution in [3.8, 4) is 0 Å². The Morgan fingerprint density at radius 1 is 0.976 bits per heavy atom. The largest absolute Gasteiger partial charge is 0.366 e. The number of nitrogens with one attached hydrogen (secondary N) is 2. The number of benzene rings is 3. The van der Waals surface area contributed by atoms with Crippen LogP contribution in [0, 0.1) is 5.92 Å². The zero-order valence-corrected chi connectivity index (χ0v) is 23.0. The Bertz CT molecular complexity index is 1460. The number of amides is 4. The third kappa shape index (κ3) is 6.00. The van der Waals surface area contributed by atoms with E-state index in [1.54, 1.807) is 36.1 Å². The van der Waals surface area contributed by atoms with Crippen molar-refractivity contribution in [1.29, 1.82) is 0 Å². The van der Waals surface area contributed by atoms with Gasteiger partial charge in [-0.1, -0.05) is 66.7 Å². The van der Waals surface area contributed by atoms with E-state index in [4.69, 9.17) is 11.5 Å². The number of rotatable bonds is 9. The zero-order valence-electron chi connectivity index (χ0n) is 23.0. The minimum Gasteiger partial charge on any atom is -0.366 e. The molecule has 9 nitrogen and oxygen atoms in total. The molecule has 1 aliphatic heterocycles. The van der Waals surface area contributed by atoms with Crippen LogP contribution < -0.4 is 22.1 Å². The van der Waals surface area contributed by atoms with Crippen molar-refractivity contribution in [3.63, 3.8) is 0 Å². The third-order valence-electron chi connectivity index (χ3n) is 8.00. The van der Waals surface area contributed by atoms with Crippen LogP contribution in [0.2, 0.25) is 0 Å². The van der Waals surface area contributed by atoms with Gasteiger partial charge in [0.15, 0.2) is 0 Å². The lowest BCUT2D eigenvalue weighted by Gasteiger charge is -2.49. The van der Waals surface area contributed by atoms with Crippen LogP contribution in [0.4, 0.5) is 0 Å². The maximum Gasteiger partial charge on any atom is 0.248 e. The highest BCUT2D eigenvalue weighted by atomic mass is 16.2. The van der Waals surface area contributed by atoms with Gasteiger partial charge in [-0.15, -0.1) is 0 Å². The van der Waals surface area contributed by atoms with Crippen LogP contribution in [0.5, 0.6) is 0 Å². The average molecular weight is 554 g/mol. The molecule has 41 heavy (non-hydrogen) atoms. The molecular formula is C32H35N5O4. The molecule has 1 heterocycles. The van der Waals surface area contributed by atoms with Gasteiger partial charge in [0.25, 0.3) is 0 Å². The first-order chi connectivity index (χ1) is 19.7. The molecule has 0 aromatic heterocycles. The van der Waals surface area contributed by atoms with E-state index in [1.165, 1.54) is 5.56 Å². The second-order valence-corrected chi connectivity index (χ2v) is 10.9. The van der Waals surface area contributed by atoms with E-state index in [0.29, 0.717) is 11.1 Å². The number of nitrogens with zero attached hydrogens (tertiary/aromatic N) is 1. The number of carbonyl (C=O) groups is 4. The molecule has 5 rings (SSSR count). The van der Waals surface area contributed by atoms with Gasteiger partial charge in [-0.2, -0.15) is 0 Å². The van der Waals surface area contributed by atoms with Gasteiger partial charge >= 0.3 is 0 Å². The molecule has 3 aromatic rings. The first-order valence-corrected chi connectivity index (χ1v) is 13.9. The Hall–Kier alpha value is -4.50. The van der Waals surface area contributed by atoms with Gasteiger partial charge in [-0.3, -0.25) is 19.2 Å². The zero-order chi connectivity index (χ0) is 29.1. The molecular weight excluding hydrogens is 518 g/mol. The quantitative estimate of drug-likeness (QED) is 0.321. The maximum absolute atomic E-state index is 14.0. The van der Waals surface area contributed by atoms with Gasteiger partial charge in [0.05, 0.1) is 24.0 Å². The molecule has 1 aliphatic carbocycles. The molecule has 9 heteroatoms. The summed E-state index contributed by atoms with van der Waals surface area (Å²) < 4.78 is 0. The lowest BCUT2D eigenvalue weighted by atomic mass is 9.81. The van der Waals surface area contributed by atoms with Crippen LogP contribution in [0.15, 0.2) is 78.9 Å². The van der Waals surface area contributed by atoms with Gasteiger partial charge in [0.2, 0.25) is 23.6 Å². The second-order valence-electron chi connectivity index (χ2n) is 10.9. The average Bonchev–Trinajstić information content (AvgIpc) is 3.35. The predicted octanol–water partition coefficient (Wildman–Crippen LogP) is 2.16. The molecule has 2 aliphatic rings. The first kappa shape index (κ1) is 28.0. The predicted molar refractivity (Wildman–Crippen MR) is 154 cm³/mol. The molecule has 0 radical (unpaired) electrons. The third-order valence-corrected chi connectivity index (χ3v) is 8.00. The van der Waals surface area contributed by atoms with Crippen molar-refractivity contribution in [2.24, 2.45) is 17.4 Å². The molecule has 1 fully saturated rings. The van der Waals surface area contributed by atoms with Crippen LogP contribution in [0.3, 0.4) is 0 Å². The summed E-state index contributed by atoms with van der Waals surface area (Å²) in [6.07, 6.45) is 1.88. The molecule has 0 bridgehead atoms. The van der Waals surface area contributed by atoms with Crippen molar-refractivity contribution in [3.05, 3.63) is 107 Å². The molecule has 4 amide bonds. The van der Waals surface area contributed by atoms with E-state index in [-0.39, 0.29) is 30.8 Å². The minimum absolute atomic E-state index is 0.0597. The Morgan fingerprint density at radius 3 is 2.44 bits per heavy atom. The fraction of sp³-hybridized carbons (Fsp3) is 0.312. The Kier molecular flexibility index (Phi) is 8.16. The Labute approximate surface area is 239 Å². The highest BCUT2D eigenvalue weighted by Gasteiger charge is 2.49. The van der Waals surface area contributed by atoms with Gasteiger partial charge in [0, 0.05) is 18.5 Å². The summed E-state index contributed by atoms with van der Waals surface area (Å²) in [5, 5.41) is 6.00. The standard InChI is InChI=1S/C32H35N5O4/c1-19(33)30(39)36-27(17-20-8-7-12-23(16-20)29(34)38)32(41)37-18-25(28(37)22-10-3-2-4-11-22)31(40)35-26-15-14-21-9-5-6-13-24(21)26/h2-13,16,19,25-28H,14-15,17-18,33H2,1H3,(H2,34,38)(H,35,40)(H,36,39)/t19-,25?,26+,27-,28?/m0/s1. The van der Waals surface area contributed by atoms with Crippen LogP contribution >= 0.6 is 0 Å². The minimum atomic E-state index is -0.950. The van der Waals surface area contributed by atoms with Gasteiger partial charge in [0.1, 0.15) is 6.04 Å². The van der Waals surface area contributed by atoms with Gasteiger partial charge in [-0.25, -0.2) is 0 Å². The summed E-state index contributed by atoms with van der Waals surface area (Å²) in [4.78, 5) is 53.6. The maximum atomic E-state index is 14.0. The molecule has 212 valence electrons. The van der Waals surface area contributed by atoms with Crippen LogP contribution in [-0.4, -0.2) is 47.2 Å². The van der Waals surface area contributed by atoms with Crippen LogP contribution in [0.25, 0.3) is 0 Å². The smallest absolute Gasteiger partial charge is 0.248 e. The molecule has 3 aromatic carbocycles. The highest BCUT2D eigenvalue weighted by molar-refractivity contribution is 5.94. The van der Waals surface area contributed by atoms with E-state index >= 15 is 0 Å². The number of hydrogen-bond acceptors (Lipinski definition) is 5. The Balaban J connectivity index is 1.38. The number of nitrogens with two attached hydrogens (primary N) is 2.